The maximum absolute atomic E-state index is 12.6. The third-order valence-electron chi connectivity index (χ3n) is 6.06. The van der Waals surface area contributed by atoms with Crippen LogP contribution in [0, 0.1) is 5.92 Å². The molecular weight excluding hydrogens is 356 g/mol. The van der Waals surface area contributed by atoms with Crippen molar-refractivity contribution in [2.45, 2.75) is 45.4 Å². The molecule has 1 amide bonds. The average molecular weight is 393 g/mol. The van der Waals surface area contributed by atoms with E-state index >= 15 is 0 Å². The molecule has 1 aliphatic heterocycles. The molecule has 0 bridgehead atoms. The Labute approximate surface area is 176 Å². The molecule has 0 unspecified atom stereocenters. The largest absolute Gasteiger partial charge is 0.342 e. The van der Waals surface area contributed by atoms with Crippen LogP contribution in [-0.2, 0) is 17.6 Å². The van der Waals surface area contributed by atoms with Crippen LogP contribution in [0.1, 0.15) is 43.7 Å². The van der Waals surface area contributed by atoms with Gasteiger partial charge in [-0.15, -0.1) is 0 Å². The molecule has 1 atom stereocenters. The zero-order chi connectivity index (χ0) is 20.3. The lowest BCUT2D eigenvalue weighted by atomic mass is 10.0. The Morgan fingerprint density at radius 1 is 0.966 bits per heavy atom. The summed E-state index contributed by atoms with van der Waals surface area (Å²) in [4.78, 5) is 17.3. The number of amides is 1. The highest BCUT2D eigenvalue weighted by atomic mass is 16.2. The maximum atomic E-state index is 12.6. The van der Waals surface area contributed by atoms with E-state index in [1.165, 1.54) is 36.9 Å². The predicted octanol–water partition coefficient (Wildman–Crippen LogP) is 4.81. The number of hydrogen-bond donors (Lipinski definition) is 0. The minimum absolute atomic E-state index is 0.293. The van der Waals surface area contributed by atoms with E-state index < -0.39 is 0 Å². The van der Waals surface area contributed by atoms with Gasteiger partial charge in [-0.2, -0.15) is 0 Å². The van der Waals surface area contributed by atoms with Crippen molar-refractivity contribution in [1.82, 2.24) is 9.80 Å². The molecule has 1 fully saturated rings. The molecule has 1 aliphatic rings. The van der Waals surface area contributed by atoms with Crippen LogP contribution in [0.25, 0.3) is 0 Å². The second-order valence-corrected chi connectivity index (χ2v) is 8.33. The number of carbonyl (C=O) groups excluding carboxylic acids is 1. The lowest BCUT2D eigenvalue weighted by molar-refractivity contribution is -0.131. The summed E-state index contributed by atoms with van der Waals surface area (Å²) in [5, 5.41) is 0. The normalized spacial score (nSPS) is 17.6. The van der Waals surface area contributed by atoms with Crippen molar-refractivity contribution < 1.29 is 4.79 Å². The standard InChI is InChI=1S/C26H36N2O/c1-2-26(29)28(20-17-24-13-7-4-8-14-24)22-25-15-9-10-18-27(21-25)19-16-23-11-5-3-6-12-23/h3-8,11-14,25H,2,9-10,15-22H2,1H3/t25-/m1/s1. The predicted molar refractivity (Wildman–Crippen MR) is 121 cm³/mol. The number of likely N-dealkylation sites (tertiary alicyclic amines) is 1. The van der Waals surface area contributed by atoms with Crippen molar-refractivity contribution in [1.29, 1.82) is 0 Å². The molecule has 1 heterocycles. The van der Waals surface area contributed by atoms with Crippen molar-refractivity contribution in [3.8, 4) is 0 Å². The summed E-state index contributed by atoms with van der Waals surface area (Å²) in [5.74, 6) is 0.876. The molecule has 2 aromatic rings. The van der Waals surface area contributed by atoms with Gasteiger partial charge in [0.1, 0.15) is 0 Å². The highest BCUT2D eigenvalue weighted by Gasteiger charge is 2.22. The van der Waals surface area contributed by atoms with E-state index in [1.54, 1.807) is 0 Å². The smallest absolute Gasteiger partial charge is 0.222 e. The van der Waals surface area contributed by atoms with Crippen LogP contribution < -0.4 is 0 Å². The Bertz CT molecular complexity index is 716. The first-order valence-corrected chi connectivity index (χ1v) is 11.3. The zero-order valence-electron chi connectivity index (χ0n) is 17.9. The average Bonchev–Trinajstić information content (AvgIpc) is 3.01. The van der Waals surface area contributed by atoms with Crippen LogP contribution >= 0.6 is 0 Å². The molecular formula is C26H36N2O. The molecule has 3 rings (SSSR count). The Hall–Kier alpha value is -2.13. The fourth-order valence-electron chi connectivity index (χ4n) is 4.36. The first kappa shape index (κ1) is 21.6. The molecule has 0 aromatic heterocycles. The van der Waals surface area contributed by atoms with E-state index in [1.807, 2.05) is 13.0 Å². The van der Waals surface area contributed by atoms with Gasteiger partial charge in [0.15, 0.2) is 0 Å². The van der Waals surface area contributed by atoms with E-state index in [2.05, 4.69) is 64.4 Å². The van der Waals surface area contributed by atoms with E-state index in [-0.39, 0.29) is 0 Å². The van der Waals surface area contributed by atoms with Crippen molar-refractivity contribution in [2.24, 2.45) is 5.92 Å². The molecule has 3 heteroatoms. The van der Waals surface area contributed by atoms with Gasteiger partial charge in [0.05, 0.1) is 0 Å². The summed E-state index contributed by atoms with van der Waals surface area (Å²) < 4.78 is 0. The highest BCUT2D eigenvalue weighted by molar-refractivity contribution is 5.75. The molecule has 29 heavy (non-hydrogen) atoms. The summed E-state index contributed by atoms with van der Waals surface area (Å²) in [6, 6.07) is 21.3. The van der Waals surface area contributed by atoms with Crippen LogP contribution in [0.15, 0.2) is 60.7 Å². The summed E-state index contributed by atoms with van der Waals surface area (Å²) >= 11 is 0. The van der Waals surface area contributed by atoms with Gasteiger partial charge in [-0.05, 0) is 49.3 Å². The lowest BCUT2D eigenvalue weighted by Crippen LogP contribution is -2.40. The lowest BCUT2D eigenvalue weighted by Gasteiger charge is -2.30. The summed E-state index contributed by atoms with van der Waals surface area (Å²) in [7, 11) is 0. The summed E-state index contributed by atoms with van der Waals surface area (Å²) in [5.41, 5.74) is 2.73. The maximum Gasteiger partial charge on any atom is 0.222 e. The van der Waals surface area contributed by atoms with Crippen molar-refractivity contribution in [3.05, 3.63) is 71.8 Å². The van der Waals surface area contributed by atoms with Crippen LogP contribution in [0.4, 0.5) is 0 Å². The molecule has 2 aromatic carbocycles. The number of rotatable bonds is 9. The van der Waals surface area contributed by atoms with E-state index in [4.69, 9.17) is 0 Å². The van der Waals surface area contributed by atoms with E-state index in [0.29, 0.717) is 18.2 Å². The van der Waals surface area contributed by atoms with Gasteiger partial charge in [0.2, 0.25) is 5.91 Å². The Morgan fingerprint density at radius 3 is 2.28 bits per heavy atom. The molecule has 156 valence electrons. The number of hydrogen-bond acceptors (Lipinski definition) is 2. The zero-order valence-corrected chi connectivity index (χ0v) is 17.9. The summed E-state index contributed by atoms with van der Waals surface area (Å²) in [6.45, 7) is 7.14. The molecule has 0 aliphatic carbocycles. The first-order valence-electron chi connectivity index (χ1n) is 11.3. The molecule has 1 saturated heterocycles. The second kappa shape index (κ2) is 11.8. The number of nitrogens with zero attached hydrogens (tertiary/aromatic N) is 2. The third kappa shape index (κ3) is 7.32. The van der Waals surface area contributed by atoms with Crippen molar-refractivity contribution >= 4 is 5.91 Å². The van der Waals surface area contributed by atoms with Crippen LogP contribution in [0.2, 0.25) is 0 Å². The Morgan fingerprint density at radius 2 is 1.62 bits per heavy atom. The quantitative estimate of drug-likeness (QED) is 0.611. The third-order valence-corrected chi connectivity index (χ3v) is 6.06. The monoisotopic (exact) mass is 392 g/mol. The second-order valence-electron chi connectivity index (χ2n) is 8.33. The topological polar surface area (TPSA) is 23.6 Å². The summed E-state index contributed by atoms with van der Waals surface area (Å²) in [6.07, 6.45) is 6.44. The highest BCUT2D eigenvalue weighted by Crippen LogP contribution is 2.19. The first-order chi connectivity index (χ1) is 14.2. The van der Waals surface area contributed by atoms with E-state index in [0.717, 1.165) is 39.0 Å². The van der Waals surface area contributed by atoms with Gasteiger partial charge >= 0.3 is 0 Å². The Kier molecular flexibility index (Phi) is 8.76. The van der Waals surface area contributed by atoms with Crippen LogP contribution in [0.3, 0.4) is 0 Å². The minimum atomic E-state index is 0.293. The fourth-order valence-corrected chi connectivity index (χ4v) is 4.36. The van der Waals surface area contributed by atoms with Gasteiger partial charge in [0.25, 0.3) is 0 Å². The van der Waals surface area contributed by atoms with Crippen LogP contribution in [0.5, 0.6) is 0 Å². The molecule has 0 radical (unpaired) electrons. The number of carbonyl (C=O) groups is 1. The van der Waals surface area contributed by atoms with Crippen molar-refractivity contribution in [2.75, 3.05) is 32.7 Å². The molecule has 0 saturated carbocycles. The van der Waals surface area contributed by atoms with Crippen molar-refractivity contribution in [3.63, 3.8) is 0 Å². The van der Waals surface area contributed by atoms with Crippen LogP contribution in [-0.4, -0.2) is 48.4 Å². The van der Waals surface area contributed by atoms with Gasteiger partial charge in [-0.25, -0.2) is 0 Å². The SMILES string of the molecule is CCC(=O)N(CCc1ccccc1)C[C@@H]1CCCCN(CCc2ccccc2)C1. The van der Waals surface area contributed by atoms with Gasteiger partial charge in [-0.3, -0.25) is 4.79 Å². The molecule has 0 N–H and O–H groups in total. The van der Waals surface area contributed by atoms with Gasteiger partial charge in [-0.1, -0.05) is 74.0 Å². The van der Waals surface area contributed by atoms with E-state index in [9.17, 15) is 4.79 Å². The number of benzene rings is 2. The minimum Gasteiger partial charge on any atom is -0.342 e. The Balaban J connectivity index is 1.54. The fraction of sp³-hybridized carbons (Fsp3) is 0.500. The van der Waals surface area contributed by atoms with Gasteiger partial charge < -0.3 is 9.80 Å². The molecule has 3 nitrogen and oxygen atoms in total. The van der Waals surface area contributed by atoms with Gasteiger partial charge in [0, 0.05) is 32.6 Å². The molecule has 0 spiro atoms.